The van der Waals surface area contributed by atoms with Gasteiger partial charge in [0.1, 0.15) is 5.82 Å². The van der Waals surface area contributed by atoms with E-state index in [4.69, 9.17) is 5.73 Å². The molecule has 0 saturated heterocycles. The Kier molecular flexibility index (Phi) is 2.88. The molecule has 0 aliphatic carbocycles. The predicted molar refractivity (Wildman–Crippen MR) is 78.8 cm³/mol. The number of aryl methyl sites for hydroxylation is 1. The van der Waals surface area contributed by atoms with Crippen LogP contribution in [0.5, 0.6) is 0 Å². The molecule has 0 atom stereocenters. The minimum atomic E-state index is 0.553. The van der Waals surface area contributed by atoms with E-state index < -0.39 is 0 Å². The average molecular weight is 249 g/mol. The largest absolute Gasteiger partial charge is 0.383 e. The Morgan fingerprint density at radius 3 is 2.63 bits per heavy atom. The molecule has 0 saturated carbocycles. The molecule has 1 aromatic carbocycles. The number of nitrogens with two attached hydrogens (primary N) is 1. The lowest BCUT2D eigenvalue weighted by Gasteiger charge is -2.06. The summed E-state index contributed by atoms with van der Waals surface area (Å²) in [6.45, 7) is 2.09. The minimum Gasteiger partial charge on any atom is -0.383 e. The van der Waals surface area contributed by atoms with E-state index in [9.17, 15) is 0 Å². The van der Waals surface area contributed by atoms with Gasteiger partial charge in [0, 0.05) is 11.1 Å². The molecular formula is C16H15N3. The number of rotatable bonds is 2. The fourth-order valence-electron chi connectivity index (χ4n) is 2.18. The van der Waals surface area contributed by atoms with Crippen molar-refractivity contribution < 1.29 is 0 Å². The Hall–Kier alpha value is -2.42. The second-order valence-electron chi connectivity index (χ2n) is 4.48. The van der Waals surface area contributed by atoms with E-state index in [1.807, 2.05) is 48.5 Å². The first kappa shape index (κ1) is 11.7. The van der Waals surface area contributed by atoms with Gasteiger partial charge in [0.25, 0.3) is 0 Å². The first-order valence-corrected chi connectivity index (χ1v) is 6.39. The Bertz CT molecular complexity index is 735. The molecule has 0 amide bonds. The lowest BCUT2D eigenvalue weighted by Crippen LogP contribution is -1.96. The Morgan fingerprint density at radius 2 is 1.79 bits per heavy atom. The van der Waals surface area contributed by atoms with E-state index in [-0.39, 0.29) is 0 Å². The van der Waals surface area contributed by atoms with Crippen molar-refractivity contribution in [2.24, 2.45) is 0 Å². The summed E-state index contributed by atoms with van der Waals surface area (Å²) >= 11 is 0. The van der Waals surface area contributed by atoms with Crippen molar-refractivity contribution in [1.29, 1.82) is 0 Å². The summed E-state index contributed by atoms with van der Waals surface area (Å²) < 4.78 is 0. The molecule has 0 unspecified atom stereocenters. The van der Waals surface area contributed by atoms with Crippen molar-refractivity contribution in [3.05, 3.63) is 54.2 Å². The van der Waals surface area contributed by atoms with Gasteiger partial charge in [-0.15, -0.1) is 0 Å². The van der Waals surface area contributed by atoms with Gasteiger partial charge in [0.05, 0.1) is 11.4 Å². The SMILES string of the molecule is CCc1cccc(-c2cc3ccccc3c(N)n2)n1. The first-order valence-electron chi connectivity index (χ1n) is 6.39. The molecule has 19 heavy (non-hydrogen) atoms. The third-order valence-electron chi connectivity index (χ3n) is 3.20. The molecule has 0 spiro atoms. The molecule has 0 fully saturated rings. The van der Waals surface area contributed by atoms with Crippen LogP contribution in [0.3, 0.4) is 0 Å². The summed E-state index contributed by atoms with van der Waals surface area (Å²) in [6.07, 6.45) is 0.914. The van der Waals surface area contributed by atoms with E-state index in [1.165, 1.54) is 0 Å². The second-order valence-corrected chi connectivity index (χ2v) is 4.48. The summed E-state index contributed by atoms with van der Waals surface area (Å²) in [6, 6.07) is 16.0. The van der Waals surface area contributed by atoms with Crippen molar-refractivity contribution in [1.82, 2.24) is 9.97 Å². The average Bonchev–Trinajstić information content (AvgIpc) is 2.47. The number of nitrogen functional groups attached to an aromatic ring is 1. The Morgan fingerprint density at radius 1 is 0.947 bits per heavy atom. The Balaban J connectivity index is 2.19. The van der Waals surface area contributed by atoms with Gasteiger partial charge in [-0.2, -0.15) is 0 Å². The molecule has 3 heteroatoms. The number of aromatic nitrogens is 2. The highest BCUT2D eigenvalue weighted by atomic mass is 14.9. The van der Waals surface area contributed by atoms with E-state index in [0.717, 1.165) is 34.3 Å². The standard InChI is InChI=1S/C16H15N3/c1-2-12-7-5-9-14(18-12)15-10-11-6-3-4-8-13(11)16(17)19-15/h3-10H,2H2,1H3,(H2,17,19). The lowest BCUT2D eigenvalue weighted by atomic mass is 10.1. The van der Waals surface area contributed by atoms with Gasteiger partial charge < -0.3 is 5.73 Å². The van der Waals surface area contributed by atoms with E-state index >= 15 is 0 Å². The summed E-state index contributed by atoms with van der Waals surface area (Å²) in [7, 11) is 0. The van der Waals surface area contributed by atoms with Crippen molar-refractivity contribution in [3.8, 4) is 11.4 Å². The van der Waals surface area contributed by atoms with Gasteiger partial charge >= 0.3 is 0 Å². The van der Waals surface area contributed by atoms with Crippen molar-refractivity contribution in [3.63, 3.8) is 0 Å². The van der Waals surface area contributed by atoms with Crippen LogP contribution in [0.15, 0.2) is 48.5 Å². The van der Waals surface area contributed by atoms with Crippen LogP contribution in [0.25, 0.3) is 22.2 Å². The lowest BCUT2D eigenvalue weighted by molar-refractivity contribution is 1.04. The van der Waals surface area contributed by atoms with Gasteiger partial charge in [-0.3, -0.25) is 4.98 Å². The molecule has 0 aliphatic rings. The molecular weight excluding hydrogens is 234 g/mol. The highest BCUT2D eigenvalue weighted by Crippen LogP contribution is 2.25. The van der Waals surface area contributed by atoms with Crippen LogP contribution in [0.4, 0.5) is 5.82 Å². The zero-order chi connectivity index (χ0) is 13.2. The molecule has 2 N–H and O–H groups in total. The Labute approximate surface area is 112 Å². The number of anilines is 1. The van der Waals surface area contributed by atoms with Gasteiger partial charge in [-0.25, -0.2) is 4.98 Å². The normalized spacial score (nSPS) is 10.8. The molecule has 2 heterocycles. The third-order valence-corrected chi connectivity index (χ3v) is 3.20. The van der Waals surface area contributed by atoms with Crippen molar-refractivity contribution >= 4 is 16.6 Å². The van der Waals surface area contributed by atoms with Crippen molar-refractivity contribution in [2.75, 3.05) is 5.73 Å². The fourth-order valence-corrected chi connectivity index (χ4v) is 2.18. The summed E-state index contributed by atoms with van der Waals surface area (Å²) in [5.74, 6) is 0.553. The zero-order valence-electron chi connectivity index (χ0n) is 10.8. The molecule has 3 rings (SSSR count). The van der Waals surface area contributed by atoms with Crippen LogP contribution >= 0.6 is 0 Å². The molecule has 0 bridgehead atoms. The molecule has 94 valence electrons. The van der Waals surface area contributed by atoms with Crippen LogP contribution in [-0.4, -0.2) is 9.97 Å². The number of nitrogens with zero attached hydrogens (tertiary/aromatic N) is 2. The highest BCUT2D eigenvalue weighted by molar-refractivity contribution is 5.93. The molecule has 3 nitrogen and oxygen atoms in total. The molecule has 0 radical (unpaired) electrons. The van der Waals surface area contributed by atoms with E-state index in [1.54, 1.807) is 0 Å². The van der Waals surface area contributed by atoms with Crippen LogP contribution in [0.1, 0.15) is 12.6 Å². The smallest absolute Gasteiger partial charge is 0.132 e. The maximum atomic E-state index is 6.03. The van der Waals surface area contributed by atoms with Crippen LogP contribution in [0, 0.1) is 0 Å². The zero-order valence-corrected chi connectivity index (χ0v) is 10.8. The number of pyridine rings is 2. The topological polar surface area (TPSA) is 51.8 Å². The van der Waals surface area contributed by atoms with Crippen LogP contribution < -0.4 is 5.73 Å². The minimum absolute atomic E-state index is 0.553. The van der Waals surface area contributed by atoms with E-state index in [2.05, 4.69) is 16.9 Å². The summed E-state index contributed by atoms with van der Waals surface area (Å²) in [5, 5.41) is 2.08. The van der Waals surface area contributed by atoms with Gasteiger partial charge in [0.15, 0.2) is 0 Å². The monoisotopic (exact) mass is 249 g/mol. The molecule has 3 aromatic rings. The first-order chi connectivity index (χ1) is 9.28. The molecule has 0 aliphatic heterocycles. The number of fused-ring (bicyclic) bond motifs is 1. The highest BCUT2D eigenvalue weighted by Gasteiger charge is 2.06. The predicted octanol–water partition coefficient (Wildman–Crippen LogP) is 3.44. The van der Waals surface area contributed by atoms with Gasteiger partial charge in [0.2, 0.25) is 0 Å². The number of hydrogen-bond donors (Lipinski definition) is 1. The fraction of sp³-hybridized carbons (Fsp3) is 0.125. The number of hydrogen-bond acceptors (Lipinski definition) is 3. The maximum absolute atomic E-state index is 6.03. The quantitative estimate of drug-likeness (QED) is 0.757. The molecule has 2 aromatic heterocycles. The third kappa shape index (κ3) is 2.15. The van der Waals surface area contributed by atoms with Crippen LogP contribution in [0.2, 0.25) is 0 Å². The van der Waals surface area contributed by atoms with E-state index in [0.29, 0.717) is 5.82 Å². The van der Waals surface area contributed by atoms with Gasteiger partial charge in [-0.1, -0.05) is 37.3 Å². The number of benzene rings is 1. The van der Waals surface area contributed by atoms with Gasteiger partial charge in [-0.05, 0) is 30.0 Å². The second kappa shape index (κ2) is 4.69. The summed E-state index contributed by atoms with van der Waals surface area (Å²) in [4.78, 5) is 9.05. The van der Waals surface area contributed by atoms with Crippen LogP contribution in [-0.2, 0) is 6.42 Å². The maximum Gasteiger partial charge on any atom is 0.132 e. The van der Waals surface area contributed by atoms with Crippen molar-refractivity contribution in [2.45, 2.75) is 13.3 Å². The summed E-state index contributed by atoms with van der Waals surface area (Å²) in [5.41, 5.74) is 8.78.